The fourth-order valence-electron chi connectivity index (χ4n) is 2.85. The Kier molecular flexibility index (Phi) is 3.86. The Bertz CT molecular complexity index is 668. The standard InChI is InChI=1S/C17H22N2O2/c1-4-6-18-17-12(5-2)11(3)19-14-10-16-15(9-13(14)17)20-7-8-21-16/h9-10H,4-8H2,1-3H3,(H,18,19). The molecular weight excluding hydrogens is 264 g/mol. The summed E-state index contributed by atoms with van der Waals surface area (Å²) in [6, 6.07) is 4.06. The van der Waals surface area contributed by atoms with Gasteiger partial charge in [0.2, 0.25) is 0 Å². The van der Waals surface area contributed by atoms with Crippen LogP contribution in [0.4, 0.5) is 5.69 Å². The van der Waals surface area contributed by atoms with E-state index in [0.29, 0.717) is 13.2 Å². The van der Waals surface area contributed by atoms with Crippen molar-refractivity contribution < 1.29 is 9.47 Å². The van der Waals surface area contributed by atoms with E-state index >= 15 is 0 Å². The number of aromatic nitrogens is 1. The molecular formula is C17H22N2O2. The van der Waals surface area contributed by atoms with Crippen LogP contribution in [0.5, 0.6) is 11.5 Å². The van der Waals surface area contributed by atoms with E-state index in [1.807, 2.05) is 6.07 Å². The summed E-state index contributed by atoms with van der Waals surface area (Å²) in [6.45, 7) is 8.59. The molecule has 1 aliphatic heterocycles. The lowest BCUT2D eigenvalue weighted by molar-refractivity contribution is 0.172. The average Bonchev–Trinajstić information content (AvgIpc) is 2.50. The smallest absolute Gasteiger partial charge is 0.163 e. The minimum Gasteiger partial charge on any atom is -0.486 e. The molecule has 2 aromatic rings. The van der Waals surface area contributed by atoms with Gasteiger partial charge in [0.05, 0.1) is 5.52 Å². The zero-order valence-corrected chi connectivity index (χ0v) is 13.0. The zero-order valence-electron chi connectivity index (χ0n) is 13.0. The highest BCUT2D eigenvalue weighted by Crippen LogP contribution is 2.38. The summed E-state index contributed by atoms with van der Waals surface area (Å²) in [5.41, 5.74) is 4.53. The van der Waals surface area contributed by atoms with Gasteiger partial charge in [-0.2, -0.15) is 0 Å². The van der Waals surface area contributed by atoms with E-state index < -0.39 is 0 Å². The van der Waals surface area contributed by atoms with Crippen LogP contribution in [0.15, 0.2) is 12.1 Å². The fraction of sp³-hybridized carbons (Fsp3) is 0.471. The third kappa shape index (κ3) is 2.50. The fourth-order valence-corrected chi connectivity index (χ4v) is 2.85. The summed E-state index contributed by atoms with van der Waals surface area (Å²) >= 11 is 0. The topological polar surface area (TPSA) is 43.4 Å². The van der Waals surface area contributed by atoms with Crippen LogP contribution < -0.4 is 14.8 Å². The van der Waals surface area contributed by atoms with Crippen molar-refractivity contribution in [1.82, 2.24) is 4.98 Å². The zero-order chi connectivity index (χ0) is 14.8. The molecule has 112 valence electrons. The number of pyridine rings is 1. The largest absolute Gasteiger partial charge is 0.486 e. The summed E-state index contributed by atoms with van der Waals surface area (Å²) in [5.74, 6) is 1.62. The molecule has 0 spiro atoms. The van der Waals surface area contributed by atoms with Crippen LogP contribution in [0.3, 0.4) is 0 Å². The van der Waals surface area contributed by atoms with E-state index in [1.165, 1.54) is 11.3 Å². The van der Waals surface area contributed by atoms with Gasteiger partial charge in [-0.3, -0.25) is 4.98 Å². The number of benzene rings is 1. The van der Waals surface area contributed by atoms with Crippen LogP contribution in [0, 0.1) is 6.92 Å². The molecule has 1 aliphatic rings. The van der Waals surface area contributed by atoms with Gasteiger partial charge in [0, 0.05) is 29.4 Å². The summed E-state index contributed by atoms with van der Waals surface area (Å²) in [7, 11) is 0. The van der Waals surface area contributed by atoms with E-state index in [9.17, 15) is 0 Å². The molecule has 0 amide bonds. The lowest BCUT2D eigenvalue weighted by atomic mass is 10.0. The summed E-state index contributed by atoms with van der Waals surface area (Å²) in [5, 5.41) is 4.69. The highest BCUT2D eigenvalue weighted by Gasteiger charge is 2.17. The minimum absolute atomic E-state index is 0.603. The first-order chi connectivity index (χ1) is 10.2. The van der Waals surface area contributed by atoms with Gasteiger partial charge in [-0.15, -0.1) is 0 Å². The molecule has 0 saturated carbocycles. The first-order valence-corrected chi connectivity index (χ1v) is 7.71. The molecule has 21 heavy (non-hydrogen) atoms. The van der Waals surface area contributed by atoms with Crippen molar-refractivity contribution in [2.24, 2.45) is 0 Å². The number of hydrogen-bond donors (Lipinski definition) is 1. The van der Waals surface area contributed by atoms with E-state index in [1.54, 1.807) is 0 Å². The van der Waals surface area contributed by atoms with Gasteiger partial charge in [-0.1, -0.05) is 13.8 Å². The van der Waals surface area contributed by atoms with E-state index in [-0.39, 0.29) is 0 Å². The molecule has 1 aromatic heterocycles. The Morgan fingerprint density at radius 2 is 1.86 bits per heavy atom. The Morgan fingerprint density at radius 1 is 1.14 bits per heavy atom. The van der Waals surface area contributed by atoms with Crippen molar-refractivity contribution >= 4 is 16.6 Å². The Hall–Kier alpha value is -1.97. The van der Waals surface area contributed by atoms with Gasteiger partial charge in [0.15, 0.2) is 11.5 Å². The van der Waals surface area contributed by atoms with Gasteiger partial charge in [-0.25, -0.2) is 0 Å². The first-order valence-electron chi connectivity index (χ1n) is 7.71. The highest BCUT2D eigenvalue weighted by molar-refractivity contribution is 5.95. The van der Waals surface area contributed by atoms with Crippen molar-refractivity contribution in [3.8, 4) is 11.5 Å². The maximum absolute atomic E-state index is 5.71. The number of hydrogen-bond acceptors (Lipinski definition) is 4. The van der Waals surface area contributed by atoms with Gasteiger partial charge < -0.3 is 14.8 Å². The van der Waals surface area contributed by atoms with Crippen LogP contribution in [-0.4, -0.2) is 24.7 Å². The summed E-state index contributed by atoms with van der Waals surface area (Å²) in [6.07, 6.45) is 2.06. The van der Waals surface area contributed by atoms with Gasteiger partial charge in [-0.05, 0) is 31.4 Å². The third-order valence-electron chi connectivity index (χ3n) is 3.86. The predicted octanol–water partition coefficient (Wildman–Crippen LogP) is 3.70. The Morgan fingerprint density at radius 3 is 2.52 bits per heavy atom. The molecule has 0 saturated heterocycles. The number of aryl methyl sites for hydroxylation is 1. The summed E-state index contributed by atoms with van der Waals surface area (Å²) < 4.78 is 11.4. The lowest BCUT2D eigenvalue weighted by Gasteiger charge is -2.21. The maximum atomic E-state index is 5.71. The predicted molar refractivity (Wildman–Crippen MR) is 85.6 cm³/mol. The number of ether oxygens (including phenoxy) is 2. The second-order valence-electron chi connectivity index (χ2n) is 5.34. The molecule has 2 heterocycles. The number of rotatable bonds is 4. The molecule has 0 aliphatic carbocycles. The van der Waals surface area contributed by atoms with Crippen molar-refractivity contribution in [3.05, 3.63) is 23.4 Å². The van der Waals surface area contributed by atoms with Crippen molar-refractivity contribution in [1.29, 1.82) is 0 Å². The van der Waals surface area contributed by atoms with Crippen LogP contribution in [0.25, 0.3) is 10.9 Å². The average molecular weight is 286 g/mol. The van der Waals surface area contributed by atoms with Crippen LogP contribution >= 0.6 is 0 Å². The van der Waals surface area contributed by atoms with Crippen molar-refractivity contribution in [2.45, 2.75) is 33.6 Å². The maximum Gasteiger partial charge on any atom is 0.163 e. The van der Waals surface area contributed by atoms with Crippen molar-refractivity contribution in [2.75, 3.05) is 25.1 Å². The first kappa shape index (κ1) is 14.0. The molecule has 1 aromatic carbocycles. The molecule has 0 radical (unpaired) electrons. The highest BCUT2D eigenvalue weighted by atomic mass is 16.6. The van der Waals surface area contributed by atoms with E-state index in [0.717, 1.165) is 47.5 Å². The SMILES string of the molecule is CCCNc1c(CC)c(C)nc2cc3c(cc12)OCCO3. The molecule has 0 unspecified atom stereocenters. The number of fused-ring (bicyclic) bond motifs is 2. The molecule has 0 bridgehead atoms. The van der Waals surface area contributed by atoms with Gasteiger partial charge >= 0.3 is 0 Å². The minimum atomic E-state index is 0.603. The number of anilines is 1. The second-order valence-corrected chi connectivity index (χ2v) is 5.34. The van der Waals surface area contributed by atoms with Crippen LogP contribution in [-0.2, 0) is 6.42 Å². The van der Waals surface area contributed by atoms with E-state index in [2.05, 4.69) is 32.2 Å². The molecule has 4 heteroatoms. The molecule has 1 N–H and O–H groups in total. The third-order valence-corrected chi connectivity index (χ3v) is 3.86. The normalized spacial score (nSPS) is 13.5. The van der Waals surface area contributed by atoms with Crippen molar-refractivity contribution in [3.63, 3.8) is 0 Å². The van der Waals surface area contributed by atoms with Gasteiger partial charge in [0.25, 0.3) is 0 Å². The monoisotopic (exact) mass is 286 g/mol. The molecule has 0 atom stereocenters. The van der Waals surface area contributed by atoms with E-state index in [4.69, 9.17) is 14.5 Å². The number of nitrogens with zero attached hydrogens (tertiary/aromatic N) is 1. The second kappa shape index (κ2) is 5.80. The Balaban J connectivity index is 2.22. The number of nitrogens with one attached hydrogen (secondary N) is 1. The lowest BCUT2D eigenvalue weighted by Crippen LogP contribution is -2.15. The molecule has 4 nitrogen and oxygen atoms in total. The Labute approximate surface area is 125 Å². The quantitative estimate of drug-likeness (QED) is 0.930. The molecule has 0 fully saturated rings. The van der Waals surface area contributed by atoms with Crippen LogP contribution in [0.2, 0.25) is 0 Å². The summed E-state index contributed by atoms with van der Waals surface area (Å²) in [4.78, 5) is 4.75. The van der Waals surface area contributed by atoms with Crippen LogP contribution in [0.1, 0.15) is 31.5 Å². The van der Waals surface area contributed by atoms with Gasteiger partial charge in [0.1, 0.15) is 13.2 Å². The molecule has 3 rings (SSSR count).